The smallest absolute Gasteiger partial charge is 0.232 e. The Bertz CT molecular complexity index is 1140. The van der Waals surface area contributed by atoms with Crippen molar-refractivity contribution in [3.63, 3.8) is 0 Å². The normalized spacial score (nSPS) is 14.2. The summed E-state index contributed by atoms with van der Waals surface area (Å²) in [5, 5.41) is 10.4. The van der Waals surface area contributed by atoms with Gasteiger partial charge in [0.05, 0.1) is 30.9 Å². The molecular formula is C22H20ClN5O2S. The molecule has 1 fully saturated rings. The zero-order chi connectivity index (χ0) is 21.0. The van der Waals surface area contributed by atoms with Gasteiger partial charge in [-0.2, -0.15) is 0 Å². The van der Waals surface area contributed by atoms with Gasteiger partial charge >= 0.3 is 0 Å². The van der Waals surface area contributed by atoms with Crippen molar-refractivity contribution in [1.82, 2.24) is 19.7 Å². The molecule has 0 amide bonds. The molecule has 1 aliphatic heterocycles. The standard InChI is InChI=1S/C22H20ClN5O2S/c23-17-8-6-16(7-9-17)19-14-24-20(30-19)15-31-22-26-25-21(27-10-12-29-13-11-27)28(22)18-4-2-1-3-5-18/h1-9,14H,10-13,15H2. The van der Waals surface area contributed by atoms with Crippen molar-refractivity contribution in [1.29, 1.82) is 0 Å². The Labute approximate surface area is 189 Å². The third kappa shape index (κ3) is 4.46. The summed E-state index contributed by atoms with van der Waals surface area (Å²) in [6.07, 6.45) is 1.74. The lowest BCUT2D eigenvalue weighted by Gasteiger charge is -2.27. The lowest BCUT2D eigenvalue weighted by Crippen LogP contribution is -2.37. The Morgan fingerprint density at radius 3 is 2.52 bits per heavy atom. The number of para-hydroxylation sites is 1. The van der Waals surface area contributed by atoms with Gasteiger partial charge in [-0.3, -0.25) is 4.57 Å². The Hall–Kier alpha value is -2.81. The third-order valence-corrected chi connectivity index (χ3v) is 6.10. The fourth-order valence-corrected chi connectivity index (χ4v) is 4.30. The number of rotatable bonds is 6. The summed E-state index contributed by atoms with van der Waals surface area (Å²) < 4.78 is 13.5. The summed E-state index contributed by atoms with van der Waals surface area (Å²) in [4.78, 5) is 6.63. The number of benzene rings is 2. The maximum Gasteiger partial charge on any atom is 0.232 e. The molecule has 9 heteroatoms. The number of thioether (sulfide) groups is 1. The average Bonchev–Trinajstić information content (AvgIpc) is 3.47. The summed E-state index contributed by atoms with van der Waals surface area (Å²) in [5.74, 6) is 2.71. The van der Waals surface area contributed by atoms with E-state index in [-0.39, 0.29) is 0 Å². The number of morpholine rings is 1. The summed E-state index contributed by atoms with van der Waals surface area (Å²) in [5.41, 5.74) is 1.96. The van der Waals surface area contributed by atoms with Gasteiger partial charge in [0.15, 0.2) is 10.9 Å². The highest BCUT2D eigenvalue weighted by Crippen LogP contribution is 2.30. The molecule has 0 unspecified atom stereocenters. The van der Waals surface area contributed by atoms with Gasteiger partial charge < -0.3 is 14.1 Å². The van der Waals surface area contributed by atoms with E-state index in [2.05, 4.69) is 36.8 Å². The maximum absolute atomic E-state index is 5.97. The van der Waals surface area contributed by atoms with Gasteiger partial charge in [0, 0.05) is 23.7 Å². The van der Waals surface area contributed by atoms with Crippen molar-refractivity contribution < 1.29 is 9.15 Å². The lowest BCUT2D eigenvalue weighted by molar-refractivity contribution is 0.122. The molecule has 4 aromatic rings. The first kappa shape index (κ1) is 20.1. The topological polar surface area (TPSA) is 69.2 Å². The van der Waals surface area contributed by atoms with E-state index in [4.69, 9.17) is 20.8 Å². The molecule has 1 aliphatic rings. The van der Waals surface area contributed by atoms with Crippen LogP contribution in [-0.4, -0.2) is 46.1 Å². The molecule has 2 aromatic heterocycles. The van der Waals surface area contributed by atoms with Crippen molar-refractivity contribution in [3.8, 4) is 17.0 Å². The number of hydrogen-bond acceptors (Lipinski definition) is 7. The van der Waals surface area contributed by atoms with Crippen molar-refractivity contribution in [2.75, 3.05) is 31.2 Å². The molecule has 0 radical (unpaired) electrons. The van der Waals surface area contributed by atoms with Crippen LogP contribution in [0.15, 0.2) is 70.4 Å². The van der Waals surface area contributed by atoms with Crippen LogP contribution in [0, 0.1) is 0 Å². The summed E-state index contributed by atoms with van der Waals surface area (Å²) >= 11 is 7.52. The van der Waals surface area contributed by atoms with Crippen LogP contribution in [0.25, 0.3) is 17.0 Å². The lowest BCUT2D eigenvalue weighted by atomic mass is 10.2. The Morgan fingerprint density at radius 2 is 1.74 bits per heavy atom. The fraction of sp³-hybridized carbons (Fsp3) is 0.227. The molecule has 0 spiro atoms. The number of nitrogens with zero attached hydrogens (tertiary/aromatic N) is 5. The summed E-state index contributed by atoms with van der Waals surface area (Å²) in [6, 6.07) is 17.6. The molecule has 7 nitrogen and oxygen atoms in total. The van der Waals surface area contributed by atoms with Crippen LogP contribution in [-0.2, 0) is 10.5 Å². The highest BCUT2D eigenvalue weighted by Gasteiger charge is 2.22. The predicted molar refractivity (Wildman–Crippen MR) is 121 cm³/mol. The van der Waals surface area contributed by atoms with Crippen LogP contribution in [0.1, 0.15) is 5.89 Å². The molecule has 0 N–H and O–H groups in total. The van der Waals surface area contributed by atoms with Gasteiger partial charge in [0.2, 0.25) is 11.8 Å². The number of hydrogen-bond donors (Lipinski definition) is 0. The van der Waals surface area contributed by atoms with Crippen molar-refractivity contribution in [2.24, 2.45) is 0 Å². The minimum absolute atomic E-state index is 0.543. The van der Waals surface area contributed by atoms with Gasteiger partial charge in [0.25, 0.3) is 0 Å². The SMILES string of the molecule is Clc1ccc(-c2cnc(CSc3nnc(N4CCOCC4)n3-c3ccccc3)o2)cc1. The molecule has 3 heterocycles. The molecule has 0 atom stereocenters. The molecule has 31 heavy (non-hydrogen) atoms. The molecule has 2 aromatic carbocycles. The van der Waals surface area contributed by atoms with E-state index in [0.29, 0.717) is 35.6 Å². The number of aromatic nitrogens is 4. The summed E-state index contributed by atoms with van der Waals surface area (Å²) in [7, 11) is 0. The molecule has 158 valence electrons. The first-order valence-corrected chi connectivity index (χ1v) is 11.3. The first-order chi connectivity index (χ1) is 15.3. The quantitative estimate of drug-likeness (QED) is 0.392. The Balaban J connectivity index is 1.38. The van der Waals surface area contributed by atoms with Crippen LogP contribution >= 0.6 is 23.4 Å². The molecular weight excluding hydrogens is 434 g/mol. The highest BCUT2D eigenvalue weighted by molar-refractivity contribution is 7.98. The van der Waals surface area contributed by atoms with Crippen molar-refractivity contribution >= 4 is 29.3 Å². The molecule has 5 rings (SSSR count). The second-order valence-electron chi connectivity index (χ2n) is 6.97. The Morgan fingerprint density at radius 1 is 0.968 bits per heavy atom. The van der Waals surface area contributed by atoms with Gasteiger partial charge in [-0.05, 0) is 36.4 Å². The van der Waals surface area contributed by atoms with E-state index in [1.165, 1.54) is 0 Å². The first-order valence-electron chi connectivity index (χ1n) is 9.95. The zero-order valence-corrected chi connectivity index (χ0v) is 18.2. The van der Waals surface area contributed by atoms with E-state index < -0.39 is 0 Å². The fourth-order valence-electron chi connectivity index (χ4n) is 3.38. The zero-order valence-electron chi connectivity index (χ0n) is 16.6. The minimum Gasteiger partial charge on any atom is -0.440 e. The molecule has 0 aliphatic carbocycles. The van der Waals surface area contributed by atoms with E-state index in [0.717, 1.165) is 35.4 Å². The van der Waals surface area contributed by atoms with Gasteiger partial charge in [0.1, 0.15) is 0 Å². The predicted octanol–water partition coefficient (Wildman–Crippen LogP) is 4.70. The monoisotopic (exact) mass is 453 g/mol. The molecule has 0 bridgehead atoms. The van der Waals surface area contributed by atoms with Crippen LogP contribution in [0.2, 0.25) is 5.02 Å². The van der Waals surface area contributed by atoms with Crippen LogP contribution < -0.4 is 4.90 Å². The van der Waals surface area contributed by atoms with E-state index in [1.807, 2.05) is 42.5 Å². The number of anilines is 1. The highest BCUT2D eigenvalue weighted by atomic mass is 35.5. The molecule has 1 saturated heterocycles. The molecule has 0 saturated carbocycles. The average molecular weight is 454 g/mol. The van der Waals surface area contributed by atoms with Crippen molar-refractivity contribution in [3.05, 3.63) is 71.7 Å². The number of oxazole rings is 1. The van der Waals surface area contributed by atoms with E-state index in [9.17, 15) is 0 Å². The third-order valence-electron chi connectivity index (χ3n) is 4.93. The summed E-state index contributed by atoms with van der Waals surface area (Å²) in [6.45, 7) is 2.96. The minimum atomic E-state index is 0.543. The van der Waals surface area contributed by atoms with E-state index >= 15 is 0 Å². The largest absolute Gasteiger partial charge is 0.440 e. The van der Waals surface area contributed by atoms with Gasteiger partial charge in [-0.25, -0.2) is 4.98 Å². The maximum atomic E-state index is 5.97. The Kier molecular flexibility index (Phi) is 5.93. The van der Waals surface area contributed by atoms with Gasteiger partial charge in [-0.15, -0.1) is 10.2 Å². The van der Waals surface area contributed by atoms with Crippen LogP contribution in [0.4, 0.5) is 5.95 Å². The van der Waals surface area contributed by atoms with Gasteiger partial charge in [-0.1, -0.05) is 41.6 Å². The van der Waals surface area contributed by atoms with Crippen LogP contribution in [0.3, 0.4) is 0 Å². The second-order valence-corrected chi connectivity index (χ2v) is 8.35. The number of halogens is 1. The number of ether oxygens (including phenoxy) is 1. The van der Waals surface area contributed by atoms with Crippen molar-refractivity contribution in [2.45, 2.75) is 10.9 Å². The van der Waals surface area contributed by atoms with E-state index in [1.54, 1.807) is 18.0 Å². The second kappa shape index (κ2) is 9.13. The van der Waals surface area contributed by atoms with Crippen LogP contribution in [0.5, 0.6) is 0 Å².